The van der Waals surface area contributed by atoms with Crippen molar-refractivity contribution in [2.24, 2.45) is 0 Å². The second-order valence-electron chi connectivity index (χ2n) is 3.07. The summed E-state index contributed by atoms with van der Waals surface area (Å²) in [7, 11) is 0. The SMILES string of the molecule is Cc1nc(CNc2ccc(F)cn2)cs1. The van der Waals surface area contributed by atoms with Crippen molar-refractivity contribution in [1.82, 2.24) is 9.97 Å². The number of halogens is 1. The van der Waals surface area contributed by atoms with Crippen LogP contribution in [0.25, 0.3) is 0 Å². The van der Waals surface area contributed by atoms with Gasteiger partial charge in [0.2, 0.25) is 0 Å². The van der Waals surface area contributed by atoms with Crippen molar-refractivity contribution in [3.05, 3.63) is 40.2 Å². The summed E-state index contributed by atoms with van der Waals surface area (Å²) in [6.45, 7) is 2.58. The normalized spacial score (nSPS) is 10.3. The minimum absolute atomic E-state index is 0.329. The molecule has 0 atom stereocenters. The third-order valence-corrected chi connectivity index (χ3v) is 2.67. The average Bonchev–Trinajstić information content (AvgIpc) is 2.64. The van der Waals surface area contributed by atoms with Gasteiger partial charge in [0.15, 0.2) is 0 Å². The first-order chi connectivity index (χ1) is 7.24. The van der Waals surface area contributed by atoms with Crippen LogP contribution in [0.4, 0.5) is 10.2 Å². The van der Waals surface area contributed by atoms with E-state index in [1.807, 2.05) is 12.3 Å². The van der Waals surface area contributed by atoms with Crippen LogP contribution in [0.2, 0.25) is 0 Å². The molecular formula is C10H10FN3S. The Balaban J connectivity index is 1.96. The van der Waals surface area contributed by atoms with Gasteiger partial charge in [-0.15, -0.1) is 11.3 Å². The molecule has 0 fully saturated rings. The van der Waals surface area contributed by atoms with E-state index in [-0.39, 0.29) is 5.82 Å². The minimum atomic E-state index is -0.329. The summed E-state index contributed by atoms with van der Waals surface area (Å²) in [5.74, 6) is 0.326. The number of anilines is 1. The first-order valence-electron chi connectivity index (χ1n) is 4.50. The predicted molar refractivity (Wildman–Crippen MR) is 58.4 cm³/mol. The maximum Gasteiger partial charge on any atom is 0.141 e. The molecule has 0 spiro atoms. The molecule has 0 saturated carbocycles. The van der Waals surface area contributed by atoms with Crippen LogP contribution in [0.15, 0.2) is 23.7 Å². The lowest BCUT2D eigenvalue weighted by atomic mass is 10.4. The van der Waals surface area contributed by atoms with Gasteiger partial charge in [0.1, 0.15) is 11.6 Å². The fraction of sp³-hybridized carbons (Fsp3) is 0.200. The Morgan fingerprint density at radius 3 is 2.93 bits per heavy atom. The third-order valence-electron chi connectivity index (χ3n) is 1.84. The van der Waals surface area contributed by atoms with Crippen LogP contribution in [0.5, 0.6) is 0 Å². The molecule has 2 aromatic rings. The lowest BCUT2D eigenvalue weighted by molar-refractivity contribution is 0.621. The van der Waals surface area contributed by atoms with Crippen LogP contribution in [-0.2, 0) is 6.54 Å². The topological polar surface area (TPSA) is 37.8 Å². The first kappa shape index (κ1) is 10.0. The van der Waals surface area contributed by atoms with Gasteiger partial charge < -0.3 is 5.32 Å². The highest BCUT2D eigenvalue weighted by Gasteiger charge is 1.99. The maximum atomic E-state index is 12.6. The monoisotopic (exact) mass is 223 g/mol. The molecular weight excluding hydrogens is 213 g/mol. The van der Waals surface area contributed by atoms with Crippen molar-refractivity contribution < 1.29 is 4.39 Å². The van der Waals surface area contributed by atoms with Crippen LogP contribution in [0, 0.1) is 12.7 Å². The Labute approximate surface area is 91.0 Å². The number of hydrogen-bond donors (Lipinski definition) is 1. The molecule has 1 N–H and O–H groups in total. The summed E-state index contributed by atoms with van der Waals surface area (Å²) >= 11 is 1.61. The summed E-state index contributed by atoms with van der Waals surface area (Å²) in [5, 5.41) is 6.10. The lowest BCUT2D eigenvalue weighted by Crippen LogP contribution is -2.01. The van der Waals surface area contributed by atoms with Crippen LogP contribution in [-0.4, -0.2) is 9.97 Å². The van der Waals surface area contributed by atoms with E-state index < -0.39 is 0 Å². The second-order valence-corrected chi connectivity index (χ2v) is 4.14. The fourth-order valence-corrected chi connectivity index (χ4v) is 1.76. The molecule has 5 heteroatoms. The number of rotatable bonds is 3. The predicted octanol–water partition coefficient (Wildman–Crippen LogP) is 2.60. The molecule has 0 aliphatic carbocycles. The van der Waals surface area contributed by atoms with Gasteiger partial charge in [-0.3, -0.25) is 0 Å². The lowest BCUT2D eigenvalue weighted by Gasteiger charge is -2.02. The first-order valence-corrected chi connectivity index (χ1v) is 5.38. The summed E-state index contributed by atoms with van der Waals surface area (Å²) in [5.41, 5.74) is 0.976. The standard InChI is InChI=1S/C10H10FN3S/c1-7-14-9(6-15-7)5-13-10-3-2-8(11)4-12-10/h2-4,6H,5H2,1H3,(H,12,13). The smallest absolute Gasteiger partial charge is 0.141 e. The molecule has 0 aliphatic heterocycles. The number of pyridine rings is 1. The Morgan fingerprint density at radius 2 is 2.33 bits per heavy atom. The number of nitrogens with zero attached hydrogens (tertiary/aromatic N) is 2. The summed E-state index contributed by atoms with van der Waals surface area (Å²) in [6.07, 6.45) is 1.19. The maximum absolute atomic E-state index is 12.6. The van der Waals surface area contributed by atoms with Gasteiger partial charge in [-0.05, 0) is 19.1 Å². The van der Waals surface area contributed by atoms with E-state index in [1.54, 1.807) is 17.4 Å². The van der Waals surface area contributed by atoms with Crippen LogP contribution < -0.4 is 5.32 Å². The molecule has 3 nitrogen and oxygen atoms in total. The zero-order valence-corrected chi connectivity index (χ0v) is 9.01. The largest absolute Gasteiger partial charge is 0.364 e. The van der Waals surface area contributed by atoms with Crippen molar-refractivity contribution in [2.75, 3.05) is 5.32 Å². The minimum Gasteiger partial charge on any atom is -0.364 e. The van der Waals surface area contributed by atoms with E-state index in [2.05, 4.69) is 15.3 Å². The van der Waals surface area contributed by atoms with E-state index in [0.29, 0.717) is 12.4 Å². The van der Waals surface area contributed by atoms with Gasteiger partial charge in [-0.2, -0.15) is 0 Å². The highest BCUT2D eigenvalue weighted by atomic mass is 32.1. The second kappa shape index (κ2) is 4.35. The Bertz CT molecular complexity index is 438. The molecule has 0 amide bonds. The quantitative estimate of drug-likeness (QED) is 0.869. The van der Waals surface area contributed by atoms with Gasteiger partial charge in [-0.25, -0.2) is 14.4 Å². The third kappa shape index (κ3) is 2.73. The van der Waals surface area contributed by atoms with Gasteiger partial charge in [0.25, 0.3) is 0 Å². The Hall–Kier alpha value is -1.49. The summed E-state index contributed by atoms with van der Waals surface area (Å²) < 4.78 is 12.6. The zero-order chi connectivity index (χ0) is 10.7. The van der Waals surface area contributed by atoms with Gasteiger partial charge in [0, 0.05) is 5.38 Å². The summed E-state index contributed by atoms with van der Waals surface area (Å²) in [6, 6.07) is 2.98. The zero-order valence-electron chi connectivity index (χ0n) is 8.20. The number of thiazole rings is 1. The van der Waals surface area contributed by atoms with Crippen molar-refractivity contribution in [3.63, 3.8) is 0 Å². The molecule has 2 aromatic heterocycles. The van der Waals surface area contributed by atoms with Crippen molar-refractivity contribution >= 4 is 17.2 Å². The summed E-state index contributed by atoms with van der Waals surface area (Å²) in [4.78, 5) is 8.19. The molecule has 78 valence electrons. The molecule has 0 aliphatic rings. The van der Waals surface area contributed by atoms with E-state index in [9.17, 15) is 4.39 Å². The van der Waals surface area contributed by atoms with Crippen molar-refractivity contribution in [2.45, 2.75) is 13.5 Å². The van der Waals surface area contributed by atoms with Gasteiger partial charge >= 0.3 is 0 Å². The van der Waals surface area contributed by atoms with Crippen LogP contribution in [0.1, 0.15) is 10.7 Å². The molecule has 15 heavy (non-hydrogen) atoms. The average molecular weight is 223 g/mol. The van der Waals surface area contributed by atoms with Crippen LogP contribution >= 0.6 is 11.3 Å². The van der Waals surface area contributed by atoms with E-state index in [4.69, 9.17) is 0 Å². The Kier molecular flexibility index (Phi) is 2.91. The molecule has 0 saturated heterocycles. The number of aryl methyl sites for hydroxylation is 1. The van der Waals surface area contributed by atoms with E-state index >= 15 is 0 Å². The number of aromatic nitrogens is 2. The van der Waals surface area contributed by atoms with Crippen molar-refractivity contribution in [1.29, 1.82) is 0 Å². The number of nitrogens with one attached hydrogen (secondary N) is 1. The van der Waals surface area contributed by atoms with E-state index in [1.165, 1.54) is 12.3 Å². The van der Waals surface area contributed by atoms with E-state index in [0.717, 1.165) is 10.7 Å². The molecule has 2 rings (SSSR count). The molecule has 0 aromatic carbocycles. The molecule has 0 bridgehead atoms. The highest BCUT2D eigenvalue weighted by Crippen LogP contribution is 2.10. The van der Waals surface area contributed by atoms with Gasteiger partial charge in [0.05, 0.1) is 23.4 Å². The fourth-order valence-electron chi connectivity index (χ4n) is 1.15. The molecule has 2 heterocycles. The van der Waals surface area contributed by atoms with Crippen molar-refractivity contribution in [3.8, 4) is 0 Å². The van der Waals surface area contributed by atoms with Crippen LogP contribution in [0.3, 0.4) is 0 Å². The highest BCUT2D eigenvalue weighted by molar-refractivity contribution is 7.09. The van der Waals surface area contributed by atoms with Gasteiger partial charge in [-0.1, -0.05) is 0 Å². The Morgan fingerprint density at radius 1 is 1.47 bits per heavy atom. The molecule has 0 unspecified atom stereocenters. The molecule has 0 radical (unpaired) electrons. The number of hydrogen-bond acceptors (Lipinski definition) is 4.